The molecule has 0 radical (unpaired) electrons. The van der Waals surface area contributed by atoms with Crippen molar-refractivity contribution >= 4 is 5.97 Å². The van der Waals surface area contributed by atoms with Crippen LogP contribution in [0.3, 0.4) is 0 Å². The Labute approximate surface area is 220 Å². The van der Waals surface area contributed by atoms with Crippen LogP contribution in [0.4, 0.5) is 0 Å². The van der Waals surface area contributed by atoms with E-state index in [0.29, 0.717) is 0 Å². The molecule has 2 rings (SSSR count). The van der Waals surface area contributed by atoms with Gasteiger partial charge in [-0.1, -0.05) is 122 Å². The molecule has 1 unspecified atom stereocenters. The number of ether oxygens (including phenoxy) is 1. The van der Waals surface area contributed by atoms with Crippen molar-refractivity contribution in [3.8, 4) is 0 Å². The minimum Gasteiger partial charge on any atom is -0.452 e. The molecule has 0 aliphatic heterocycles. The van der Waals surface area contributed by atoms with Gasteiger partial charge in [0.1, 0.15) is 6.10 Å². The Morgan fingerprint density at radius 2 is 1.14 bits per heavy atom. The zero-order valence-corrected chi connectivity index (χ0v) is 23.3. The van der Waals surface area contributed by atoms with Gasteiger partial charge in [0.25, 0.3) is 0 Å². The van der Waals surface area contributed by atoms with Gasteiger partial charge >= 0.3 is 5.97 Å². The Morgan fingerprint density at radius 3 is 1.64 bits per heavy atom. The summed E-state index contributed by atoms with van der Waals surface area (Å²) in [5.41, 5.74) is 3.47. The third kappa shape index (κ3) is 12.1. The van der Waals surface area contributed by atoms with E-state index in [1.165, 1.54) is 89.0 Å². The lowest BCUT2D eigenvalue weighted by molar-refractivity contribution is 0.0273. The highest BCUT2D eigenvalue weighted by molar-refractivity contribution is 5.85. The maximum atomic E-state index is 12.7. The Kier molecular flexibility index (Phi) is 15.8. The van der Waals surface area contributed by atoms with Crippen molar-refractivity contribution in [2.24, 2.45) is 0 Å². The molecule has 200 valence electrons. The quantitative estimate of drug-likeness (QED) is 0.136. The van der Waals surface area contributed by atoms with Crippen molar-refractivity contribution in [2.45, 2.75) is 136 Å². The Hall–Kier alpha value is -2.23. The monoisotopic (exact) mass is 494 g/mol. The standard InChI is InChI=1S/C32H50N2O2/c1-4-7-9-11-13-15-17-19-27-21-23-29(24-22-27)30(6-3)36-32(35)31-33-25-28(26-34-31)20-18-16-14-12-10-8-5-2/h21-26,30H,4-20H2,1-3H3. The van der Waals surface area contributed by atoms with Crippen LogP contribution in [0.2, 0.25) is 0 Å². The highest BCUT2D eigenvalue weighted by atomic mass is 16.5. The first kappa shape index (κ1) is 30.0. The van der Waals surface area contributed by atoms with Crippen LogP contribution in [0.15, 0.2) is 36.7 Å². The topological polar surface area (TPSA) is 52.1 Å². The van der Waals surface area contributed by atoms with E-state index in [1.54, 1.807) is 12.4 Å². The van der Waals surface area contributed by atoms with E-state index in [4.69, 9.17) is 4.74 Å². The summed E-state index contributed by atoms with van der Waals surface area (Å²) < 4.78 is 5.78. The van der Waals surface area contributed by atoms with E-state index >= 15 is 0 Å². The van der Waals surface area contributed by atoms with Crippen LogP contribution in [-0.4, -0.2) is 15.9 Å². The van der Waals surface area contributed by atoms with Gasteiger partial charge in [-0.2, -0.15) is 0 Å². The van der Waals surface area contributed by atoms with Crippen LogP contribution in [0.5, 0.6) is 0 Å². The van der Waals surface area contributed by atoms with Crippen LogP contribution in [-0.2, 0) is 17.6 Å². The first-order chi connectivity index (χ1) is 17.7. The van der Waals surface area contributed by atoms with Crippen molar-refractivity contribution in [2.75, 3.05) is 0 Å². The Morgan fingerprint density at radius 1 is 0.667 bits per heavy atom. The predicted molar refractivity (Wildman–Crippen MR) is 150 cm³/mol. The number of rotatable bonds is 20. The number of carbonyl (C=O) groups is 1. The lowest BCUT2D eigenvalue weighted by Gasteiger charge is -2.16. The van der Waals surface area contributed by atoms with Crippen molar-refractivity contribution in [3.63, 3.8) is 0 Å². The van der Waals surface area contributed by atoms with Gasteiger partial charge in [-0.05, 0) is 48.8 Å². The zero-order chi connectivity index (χ0) is 25.8. The second-order valence-corrected chi connectivity index (χ2v) is 10.2. The van der Waals surface area contributed by atoms with Crippen molar-refractivity contribution in [3.05, 3.63) is 59.2 Å². The summed E-state index contributed by atoms with van der Waals surface area (Å²) in [5.74, 6) is -0.302. The molecule has 1 aromatic carbocycles. The summed E-state index contributed by atoms with van der Waals surface area (Å²) >= 11 is 0. The molecule has 0 aliphatic rings. The normalized spacial score (nSPS) is 12.0. The minimum atomic E-state index is -0.448. The summed E-state index contributed by atoms with van der Waals surface area (Å²) in [4.78, 5) is 21.3. The van der Waals surface area contributed by atoms with Crippen LogP contribution in [0, 0.1) is 0 Å². The lowest BCUT2D eigenvalue weighted by atomic mass is 10.0. The SMILES string of the molecule is CCCCCCCCCc1ccc(C(CC)OC(=O)c2ncc(CCCCCCCCC)cn2)cc1. The molecule has 2 aromatic rings. The second-order valence-electron chi connectivity index (χ2n) is 10.2. The molecule has 4 heteroatoms. The van der Waals surface area contributed by atoms with E-state index in [2.05, 4.69) is 48.1 Å². The molecule has 0 N–H and O–H groups in total. The number of esters is 1. The van der Waals surface area contributed by atoms with E-state index in [0.717, 1.165) is 36.8 Å². The van der Waals surface area contributed by atoms with Gasteiger partial charge in [0.2, 0.25) is 5.82 Å². The highest BCUT2D eigenvalue weighted by Crippen LogP contribution is 2.23. The fourth-order valence-corrected chi connectivity index (χ4v) is 4.63. The second kappa shape index (κ2) is 19.0. The molecule has 0 aliphatic carbocycles. The molecule has 1 atom stereocenters. The smallest absolute Gasteiger partial charge is 0.376 e. The van der Waals surface area contributed by atoms with Gasteiger partial charge in [0, 0.05) is 12.4 Å². The molecule has 1 heterocycles. The van der Waals surface area contributed by atoms with Crippen molar-refractivity contribution < 1.29 is 9.53 Å². The van der Waals surface area contributed by atoms with Crippen LogP contribution in [0.25, 0.3) is 0 Å². The summed E-state index contributed by atoms with van der Waals surface area (Å²) in [6.07, 6.45) is 24.4. The number of carbonyl (C=O) groups excluding carboxylic acids is 1. The molecule has 36 heavy (non-hydrogen) atoms. The molecule has 0 amide bonds. The first-order valence-electron chi connectivity index (χ1n) is 14.8. The summed E-state index contributed by atoms with van der Waals surface area (Å²) in [5, 5.41) is 0. The van der Waals surface area contributed by atoms with Crippen LogP contribution < -0.4 is 0 Å². The molecule has 0 saturated carbocycles. The third-order valence-corrected chi connectivity index (χ3v) is 7.00. The molecule has 0 bridgehead atoms. The largest absolute Gasteiger partial charge is 0.452 e. The summed E-state index contributed by atoms with van der Waals surface area (Å²) in [6.45, 7) is 6.55. The number of hydrogen-bond acceptors (Lipinski definition) is 4. The van der Waals surface area contributed by atoms with Gasteiger partial charge in [0.05, 0.1) is 0 Å². The van der Waals surface area contributed by atoms with Crippen LogP contribution in [0.1, 0.15) is 150 Å². The first-order valence-corrected chi connectivity index (χ1v) is 14.8. The molecule has 0 fully saturated rings. The average molecular weight is 495 g/mol. The number of nitrogens with zero attached hydrogens (tertiary/aromatic N) is 2. The number of hydrogen-bond donors (Lipinski definition) is 0. The lowest BCUT2D eigenvalue weighted by Crippen LogP contribution is -2.14. The number of unbranched alkanes of at least 4 members (excludes halogenated alkanes) is 12. The van der Waals surface area contributed by atoms with Gasteiger partial charge in [0.15, 0.2) is 0 Å². The predicted octanol–water partition coefficient (Wildman–Crippen LogP) is 9.37. The van der Waals surface area contributed by atoms with Gasteiger partial charge in [-0.25, -0.2) is 14.8 Å². The summed E-state index contributed by atoms with van der Waals surface area (Å²) in [7, 11) is 0. The third-order valence-electron chi connectivity index (χ3n) is 7.00. The van der Waals surface area contributed by atoms with Gasteiger partial charge < -0.3 is 4.74 Å². The molecule has 0 saturated heterocycles. The van der Waals surface area contributed by atoms with Gasteiger partial charge in [-0.15, -0.1) is 0 Å². The Balaban J connectivity index is 1.73. The average Bonchev–Trinajstić information content (AvgIpc) is 2.91. The molecule has 0 spiro atoms. The van der Waals surface area contributed by atoms with E-state index in [-0.39, 0.29) is 11.9 Å². The molecule has 4 nitrogen and oxygen atoms in total. The van der Waals surface area contributed by atoms with Crippen LogP contribution >= 0.6 is 0 Å². The molecule has 1 aromatic heterocycles. The zero-order valence-electron chi connectivity index (χ0n) is 23.3. The summed E-state index contributed by atoms with van der Waals surface area (Å²) in [6, 6.07) is 8.56. The van der Waals surface area contributed by atoms with E-state index in [9.17, 15) is 4.79 Å². The minimum absolute atomic E-state index is 0.146. The fraction of sp³-hybridized carbons (Fsp3) is 0.656. The van der Waals surface area contributed by atoms with E-state index < -0.39 is 5.97 Å². The van der Waals surface area contributed by atoms with Crippen molar-refractivity contribution in [1.82, 2.24) is 9.97 Å². The fourth-order valence-electron chi connectivity index (χ4n) is 4.63. The highest BCUT2D eigenvalue weighted by Gasteiger charge is 2.18. The van der Waals surface area contributed by atoms with Crippen molar-refractivity contribution in [1.29, 1.82) is 0 Å². The molecular formula is C32H50N2O2. The number of aromatic nitrogens is 2. The van der Waals surface area contributed by atoms with Gasteiger partial charge in [-0.3, -0.25) is 0 Å². The maximum absolute atomic E-state index is 12.7. The maximum Gasteiger partial charge on any atom is 0.376 e. The molecular weight excluding hydrogens is 444 g/mol. The van der Waals surface area contributed by atoms with E-state index in [1.807, 2.05) is 6.92 Å². The Bertz CT molecular complexity index is 817. The number of benzene rings is 1. The number of aryl methyl sites for hydroxylation is 2.